The van der Waals surface area contributed by atoms with E-state index in [9.17, 15) is 39.4 Å². The first-order valence-electron chi connectivity index (χ1n) is 24.7. The van der Waals surface area contributed by atoms with Crippen molar-refractivity contribution in [2.24, 2.45) is 0 Å². The highest BCUT2D eigenvalue weighted by atomic mass is 16.6. The minimum Gasteiger partial charge on any atom is -0.464 e. The number of anilines is 2. The van der Waals surface area contributed by atoms with E-state index in [4.69, 9.17) is 9.47 Å². The smallest absolute Gasteiger partial charge is 0.305 e. The van der Waals surface area contributed by atoms with Gasteiger partial charge < -0.3 is 19.3 Å². The van der Waals surface area contributed by atoms with E-state index in [1.807, 2.05) is 36.4 Å². The highest BCUT2D eigenvalue weighted by molar-refractivity contribution is 6.08. The Morgan fingerprint density at radius 2 is 0.957 bits per heavy atom. The normalized spacial score (nSPS) is 18.9. The lowest BCUT2D eigenvalue weighted by molar-refractivity contribution is -0.419. The number of ketones is 2. The first kappa shape index (κ1) is 52.4. The SMILES string of the molecule is CCCCCCCC(=O)OCCN1/C(=C\C=C2\C=C([N+](=O)[O-])C=CC2=O)C(C)(C)c2cc(-c3ccc4c(c3)C(C)(C)/C(=C/C=C3/C=C([N+](=O)[O-])C=CC3=O)N4CCOC(=O)CCCCCCC)ccc21. The van der Waals surface area contributed by atoms with Gasteiger partial charge in [0.15, 0.2) is 11.6 Å². The number of rotatable bonds is 23. The molecule has 0 saturated heterocycles. The summed E-state index contributed by atoms with van der Waals surface area (Å²) in [5.41, 5.74) is 6.00. The van der Waals surface area contributed by atoms with Crippen molar-refractivity contribution in [3.8, 4) is 11.1 Å². The van der Waals surface area contributed by atoms with Gasteiger partial charge in [-0.15, -0.1) is 0 Å². The predicted molar refractivity (Wildman–Crippen MR) is 272 cm³/mol. The van der Waals surface area contributed by atoms with Gasteiger partial charge in [0.2, 0.25) is 0 Å². The molecule has 0 fully saturated rings. The lowest BCUT2D eigenvalue weighted by Crippen LogP contribution is -2.29. The molecule has 2 aromatic carbocycles. The number of nitro groups is 2. The highest BCUT2D eigenvalue weighted by Gasteiger charge is 2.42. The van der Waals surface area contributed by atoms with Crippen LogP contribution in [0.15, 0.2) is 131 Å². The summed E-state index contributed by atoms with van der Waals surface area (Å²) in [6.45, 7) is 13.5. The van der Waals surface area contributed by atoms with Gasteiger partial charge in [0, 0.05) is 81.9 Å². The number of hydrogen-bond acceptors (Lipinski definition) is 12. The second kappa shape index (κ2) is 23.6. The number of carbonyl (C=O) groups is 4. The summed E-state index contributed by atoms with van der Waals surface area (Å²) in [7, 11) is 0. The Bertz CT molecular complexity index is 2460. The number of benzene rings is 2. The zero-order valence-electron chi connectivity index (χ0n) is 41.4. The molecule has 2 aromatic rings. The summed E-state index contributed by atoms with van der Waals surface area (Å²) in [5, 5.41) is 23.2. The van der Waals surface area contributed by atoms with Gasteiger partial charge in [-0.1, -0.05) is 105 Å². The Balaban J connectivity index is 1.33. The summed E-state index contributed by atoms with van der Waals surface area (Å²) in [4.78, 5) is 77.7. The molecule has 0 amide bonds. The van der Waals surface area contributed by atoms with Crippen LogP contribution in [0.5, 0.6) is 0 Å². The van der Waals surface area contributed by atoms with Gasteiger partial charge in [0.25, 0.3) is 11.4 Å². The third kappa shape index (κ3) is 12.4. The number of carbonyl (C=O) groups excluding carboxylic acids is 4. The number of nitrogens with zero attached hydrogens (tertiary/aromatic N) is 4. The van der Waals surface area contributed by atoms with E-state index in [0.717, 1.165) is 109 Å². The molecular weight excluding hydrogens is 889 g/mol. The monoisotopic (exact) mass is 954 g/mol. The van der Waals surface area contributed by atoms with Crippen molar-refractivity contribution in [2.45, 2.75) is 129 Å². The van der Waals surface area contributed by atoms with Crippen molar-refractivity contribution >= 4 is 34.9 Å². The third-order valence-electron chi connectivity index (χ3n) is 13.5. The van der Waals surface area contributed by atoms with Crippen molar-refractivity contribution in [3.63, 3.8) is 0 Å². The van der Waals surface area contributed by atoms with Crippen molar-refractivity contribution in [3.05, 3.63) is 162 Å². The molecule has 0 unspecified atom stereocenters. The van der Waals surface area contributed by atoms with Gasteiger partial charge in [-0.25, -0.2) is 0 Å². The summed E-state index contributed by atoms with van der Waals surface area (Å²) in [6.07, 6.45) is 25.0. The molecule has 0 spiro atoms. The summed E-state index contributed by atoms with van der Waals surface area (Å²) in [6, 6.07) is 12.4. The number of fused-ring (bicyclic) bond motifs is 2. The first-order chi connectivity index (χ1) is 33.5. The quantitative estimate of drug-likeness (QED) is 0.0339. The Labute approximate surface area is 411 Å². The Kier molecular flexibility index (Phi) is 17.6. The molecule has 0 aromatic heterocycles. The molecule has 14 nitrogen and oxygen atoms in total. The molecule has 6 rings (SSSR count). The van der Waals surface area contributed by atoms with Crippen LogP contribution in [0.4, 0.5) is 11.4 Å². The molecule has 4 aliphatic rings. The number of allylic oxidation sites excluding steroid dienone is 14. The van der Waals surface area contributed by atoms with Gasteiger partial charge in [0.05, 0.1) is 22.9 Å². The van der Waals surface area contributed by atoms with Crippen LogP contribution in [0, 0.1) is 20.2 Å². The molecule has 70 heavy (non-hydrogen) atoms. The summed E-state index contributed by atoms with van der Waals surface area (Å²) >= 11 is 0. The van der Waals surface area contributed by atoms with E-state index >= 15 is 0 Å². The van der Waals surface area contributed by atoms with Crippen LogP contribution in [0.25, 0.3) is 11.1 Å². The molecule has 0 atom stereocenters. The van der Waals surface area contributed by atoms with E-state index in [1.165, 1.54) is 36.5 Å². The Morgan fingerprint density at radius 3 is 1.33 bits per heavy atom. The zero-order chi connectivity index (χ0) is 50.6. The highest BCUT2D eigenvalue weighted by Crippen LogP contribution is 2.51. The van der Waals surface area contributed by atoms with Gasteiger partial charge in [-0.3, -0.25) is 39.4 Å². The lowest BCUT2D eigenvalue weighted by Gasteiger charge is -2.27. The van der Waals surface area contributed by atoms with Crippen molar-refractivity contribution in [1.82, 2.24) is 0 Å². The van der Waals surface area contributed by atoms with Gasteiger partial charge in [0.1, 0.15) is 13.2 Å². The topological polar surface area (TPSA) is 180 Å². The van der Waals surface area contributed by atoms with Crippen LogP contribution in [-0.4, -0.2) is 59.7 Å². The zero-order valence-corrected chi connectivity index (χ0v) is 41.4. The number of hydrogen-bond donors (Lipinski definition) is 0. The Hall–Kier alpha value is -6.96. The molecular formula is C56H66N4O10. The van der Waals surface area contributed by atoms with Gasteiger partial charge in [-0.05, 0) is 95.8 Å². The van der Waals surface area contributed by atoms with Crippen LogP contribution in [0.3, 0.4) is 0 Å². The Morgan fingerprint density at radius 1 is 0.571 bits per heavy atom. The number of unbranched alkanes of at least 4 members (excludes halogenated alkanes) is 8. The van der Waals surface area contributed by atoms with Crippen LogP contribution < -0.4 is 9.80 Å². The van der Waals surface area contributed by atoms with E-state index in [1.54, 1.807) is 12.2 Å². The minimum atomic E-state index is -0.632. The summed E-state index contributed by atoms with van der Waals surface area (Å²) in [5.74, 6) is -1.20. The fourth-order valence-electron chi connectivity index (χ4n) is 9.48. The van der Waals surface area contributed by atoms with Crippen molar-refractivity contribution in [1.29, 1.82) is 0 Å². The fraction of sp³-hybridized carbons (Fsp3) is 0.429. The molecule has 0 radical (unpaired) electrons. The second-order valence-electron chi connectivity index (χ2n) is 19.2. The van der Waals surface area contributed by atoms with E-state index < -0.39 is 20.7 Å². The molecule has 0 N–H and O–H groups in total. The average Bonchev–Trinajstić information content (AvgIpc) is 3.67. The van der Waals surface area contributed by atoms with Crippen LogP contribution in [-0.2, 0) is 39.5 Å². The third-order valence-corrected chi connectivity index (χ3v) is 13.5. The maximum absolute atomic E-state index is 12.9. The number of esters is 2. The average molecular weight is 955 g/mol. The standard InChI is InChI=1S/C56H66N4O10/c1-7-9-11-13-15-17-53(63)69-33-31-57-47-25-19-39(37-45(47)55(3,4)51(57)29-21-41-35-43(59(65)66)23-27-49(41)61)40-20-26-48-46(38-40)56(5,6)52(30-22-42-36-44(60(67)68)24-28-50(42)62)58(48)32-34-70-54(64)18-16-14-12-10-8-2/h19-30,35-38H,7-18,31-34H2,1-6H3/b41-21-,42-22-,51-29-,52-30-. The van der Waals surface area contributed by atoms with E-state index in [0.29, 0.717) is 25.9 Å². The molecule has 0 bridgehead atoms. The molecule has 0 saturated carbocycles. The van der Waals surface area contributed by atoms with Gasteiger partial charge in [-0.2, -0.15) is 0 Å². The summed E-state index contributed by atoms with van der Waals surface area (Å²) < 4.78 is 11.5. The molecule has 2 aliphatic carbocycles. The van der Waals surface area contributed by atoms with Gasteiger partial charge >= 0.3 is 11.9 Å². The molecule has 370 valence electrons. The number of ether oxygens (including phenoxy) is 2. The minimum absolute atomic E-state index is 0.130. The molecule has 2 heterocycles. The van der Waals surface area contributed by atoms with Crippen molar-refractivity contribution in [2.75, 3.05) is 36.1 Å². The lowest BCUT2D eigenvalue weighted by atomic mass is 9.81. The fourth-order valence-corrected chi connectivity index (χ4v) is 9.48. The van der Waals surface area contributed by atoms with E-state index in [-0.39, 0.29) is 59.3 Å². The predicted octanol–water partition coefficient (Wildman–Crippen LogP) is 11.6. The van der Waals surface area contributed by atoms with Crippen molar-refractivity contribution < 1.29 is 38.5 Å². The molecule has 14 heteroatoms. The largest absolute Gasteiger partial charge is 0.464 e. The van der Waals surface area contributed by atoms with Crippen LogP contribution >= 0.6 is 0 Å². The van der Waals surface area contributed by atoms with E-state index in [2.05, 4.69) is 63.5 Å². The molecule has 2 aliphatic heterocycles. The maximum Gasteiger partial charge on any atom is 0.305 e. The second-order valence-corrected chi connectivity index (χ2v) is 19.2. The van der Waals surface area contributed by atoms with Crippen LogP contribution in [0.2, 0.25) is 0 Å². The maximum atomic E-state index is 12.9. The van der Waals surface area contributed by atoms with Crippen LogP contribution in [0.1, 0.15) is 130 Å². The first-order valence-corrected chi connectivity index (χ1v) is 24.7.